The molecule has 0 aromatic heterocycles. The summed E-state index contributed by atoms with van der Waals surface area (Å²) in [7, 11) is 2.91. The van der Waals surface area contributed by atoms with Gasteiger partial charge in [-0.3, -0.25) is 0 Å². The Bertz CT molecular complexity index is 466. The highest BCUT2D eigenvalue weighted by Gasteiger charge is 2.34. The van der Waals surface area contributed by atoms with Crippen molar-refractivity contribution >= 4 is 15.9 Å². The predicted octanol–water partition coefficient (Wildman–Crippen LogP) is 4.46. The standard InChI is InChI=1S/C14H19BrF3NO2/c1-4-7-19-10(8-14(16,17)18)9-5-6-11(20-2)12(15)13(9)21-3/h5-6,10,19H,4,7-8H2,1-3H3. The average molecular weight is 370 g/mol. The van der Waals surface area contributed by atoms with Crippen LogP contribution in [0.5, 0.6) is 11.5 Å². The Labute approximate surface area is 130 Å². The SMILES string of the molecule is CCCNC(CC(F)(F)F)c1ccc(OC)c(Br)c1OC. The van der Waals surface area contributed by atoms with Crippen molar-refractivity contribution in [2.45, 2.75) is 32.0 Å². The van der Waals surface area contributed by atoms with Gasteiger partial charge in [0.1, 0.15) is 16.0 Å². The zero-order valence-corrected chi connectivity index (χ0v) is 13.8. The molecule has 0 aliphatic rings. The Hall–Kier alpha value is -0.950. The Morgan fingerprint density at radius 3 is 2.38 bits per heavy atom. The highest BCUT2D eigenvalue weighted by molar-refractivity contribution is 9.10. The number of ether oxygens (including phenoxy) is 2. The second-order valence-electron chi connectivity index (χ2n) is 4.53. The van der Waals surface area contributed by atoms with Crippen molar-refractivity contribution in [3.05, 3.63) is 22.2 Å². The molecule has 0 amide bonds. The zero-order chi connectivity index (χ0) is 16.0. The topological polar surface area (TPSA) is 30.5 Å². The van der Waals surface area contributed by atoms with Crippen molar-refractivity contribution in [2.24, 2.45) is 0 Å². The molecular formula is C14H19BrF3NO2. The van der Waals surface area contributed by atoms with Crippen LogP contribution >= 0.6 is 15.9 Å². The normalized spacial score (nSPS) is 13.1. The van der Waals surface area contributed by atoms with Crippen LogP contribution in [-0.2, 0) is 0 Å². The Balaban J connectivity index is 3.19. The molecular weight excluding hydrogens is 351 g/mol. The molecule has 21 heavy (non-hydrogen) atoms. The third-order valence-corrected chi connectivity index (χ3v) is 3.72. The van der Waals surface area contributed by atoms with E-state index in [4.69, 9.17) is 9.47 Å². The molecule has 1 aromatic carbocycles. The van der Waals surface area contributed by atoms with Crippen molar-refractivity contribution < 1.29 is 22.6 Å². The van der Waals surface area contributed by atoms with E-state index in [0.717, 1.165) is 6.42 Å². The quantitative estimate of drug-likeness (QED) is 0.769. The second kappa shape index (κ2) is 7.89. The lowest BCUT2D eigenvalue weighted by Gasteiger charge is -2.23. The van der Waals surface area contributed by atoms with Gasteiger partial charge in [-0.15, -0.1) is 0 Å². The van der Waals surface area contributed by atoms with E-state index >= 15 is 0 Å². The van der Waals surface area contributed by atoms with Gasteiger partial charge in [-0.2, -0.15) is 13.2 Å². The fraction of sp³-hybridized carbons (Fsp3) is 0.571. The minimum Gasteiger partial charge on any atom is -0.495 e. The highest BCUT2D eigenvalue weighted by atomic mass is 79.9. The summed E-state index contributed by atoms with van der Waals surface area (Å²) >= 11 is 3.31. The lowest BCUT2D eigenvalue weighted by atomic mass is 10.0. The molecule has 0 spiro atoms. The maximum absolute atomic E-state index is 12.8. The molecule has 1 rings (SSSR count). The van der Waals surface area contributed by atoms with Crippen LogP contribution in [0.2, 0.25) is 0 Å². The first-order chi connectivity index (χ1) is 9.84. The van der Waals surface area contributed by atoms with Gasteiger partial charge < -0.3 is 14.8 Å². The molecule has 1 N–H and O–H groups in total. The highest BCUT2D eigenvalue weighted by Crippen LogP contribution is 2.42. The van der Waals surface area contributed by atoms with Crippen LogP contribution in [0.4, 0.5) is 13.2 Å². The molecule has 0 aliphatic heterocycles. The summed E-state index contributed by atoms with van der Waals surface area (Å²) in [6.45, 7) is 2.40. The maximum Gasteiger partial charge on any atom is 0.390 e. The van der Waals surface area contributed by atoms with Crippen LogP contribution < -0.4 is 14.8 Å². The summed E-state index contributed by atoms with van der Waals surface area (Å²) in [4.78, 5) is 0. The molecule has 0 aliphatic carbocycles. The van der Waals surface area contributed by atoms with E-state index in [1.807, 2.05) is 6.92 Å². The fourth-order valence-electron chi connectivity index (χ4n) is 2.03. The Kier molecular flexibility index (Phi) is 6.80. The number of nitrogens with one attached hydrogen (secondary N) is 1. The van der Waals surface area contributed by atoms with Crippen LogP contribution in [0.15, 0.2) is 16.6 Å². The van der Waals surface area contributed by atoms with E-state index in [9.17, 15) is 13.2 Å². The number of halogens is 4. The van der Waals surface area contributed by atoms with Gasteiger partial charge in [0.2, 0.25) is 0 Å². The molecule has 0 saturated heterocycles. The summed E-state index contributed by atoms with van der Waals surface area (Å²) in [5.74, 6) is 0.865. The number of alkyl halides is 3. The Morgan fingerprint density at radius 2 is 1.90 bits per heavy atom. The van der Waals surface area contributed by atoms with E-state index < -0.39 is 18.6 Å². The monoisotopic (exact) mass is 369 g/mol. The number of methoxy groups -OCH3 is 2. The maximum atomic E-state index is 12.8. The molecule has 7 heteroatoms. The van der Waals surface area contributed by atoms with E-state index in [0.29, 0.717) is 28.1 Å². The minimum atomic E-state index is -4.26. The molecule has 0 bridgehead atoms. The fourth-order valence-corrected chi connectivity index (χ4v) is 2.72. The average Bonchev–Trinajstić information content (AvgIpc) is 2.41. The third kappa shape index (κ3) is 5.07. The third-order valence-electron chi connectivity index (χ3n) is 2.97. The van der Waals surface area contributed by atoms with Crippen LogP contribution in [0.1, 0.15) is 31.4 Å². The summed E-state index contributed by atoms with van der Waals surface area (Å²) in [6, 6.07) is 2.36. The van der Waals surface area contributed by atoms with Gasteiger partial charge in [-0.1, -0.05) is 6.92 Å². The molecule has 0 fully saturated rings. The summed E-state index contributed by atoms with van der Waals surface area (Å²) in [5.41, 5.74) is 0.455. The van der Waals surface area contributed by atoms with E-state index in [1.165, 1.54) is 14.2 Å². The smallest absolute Gasteiger partial charge is 0.390 e. The summed E-state index contributed by atoms with van der Waals surface area (Å²) in [6.07, 6.45) is -4.47. The molecule has 1 atom stereocenters. The number of hydrogen-bond acceptors (Lipinski definition) is 3. The molecule has 0 radical (unpaired) electrons. The minimum absolute atomic E-state index is 0.354. The number of benzene rings is 1. The van der Waals surface area contributed by atoms with Gasteiger partial charge in [0.25, 0.3) is 0 Å². The first-order valence-corrected chi connectivity index (χ1v) is 7.33. The van der Waals surface area contributed by atoms with E-state index in [1.54, 1.807) is 12.1 Å². The van der Waals surface area contributed by atoms with Gasteiger partial charge >= 0.3 is 6.18 Å². The summed E-state index contributed by atoms with van der Waals surface area (Å²) in [5, 5.41) is 2.92. The van der Waals surface area contributed by atoms with E-state index in [2.05, 4.69) is 21.2 Å². The second-order valence-corrected chi connectivity index (χ2v) is 5.32. The van der Waals surface area contributed by atoms with Crippen LogP contribution in [0, 0.1) is 0 Å². The first kappa shape index (κ1) is 18.1. The van der Waals surface area contributed by atoms with Gasteiger partial charge in [0.15, 0.2) is 0 Å². The van der Waals surface area contributed by atoms with Gasteiger partial charge in [-0.05, 0) is 41.0 Å². The lowest BCUT2D eigenvalue weighted by molar-refractivity contribution is -0.140. The van der Waals surface area contributed by atoms with Crippen molar-refractivity contribution in [3.63, 3.8) is 0 Å². The van der Waals surface area contributed by atoms with Crippen molar-refractivity contribution in [1.82, 2.24) is 5.32 Å². The predicted molar refractivity (Wildman–Crippen MR) is 79.0 cm³/mol. The van der Waals surface area contributed by atoms with Crippen LogP contribution in [0.25, 0.3) is 0 Å². The van der Waals surface area contributed by atoms with Crippen LogP contribution in [-0.4, -0.2) is 26.9 Å². The molecule has 1 aromatic rings. The molecule has 1 unspecified atom stereocenters. The summed E-state index contributed by atoms with van der Waals surface area (Å²) < 4.78 is 49.3. The van der Waals surface area contributed by atoms with Crippen LogP contribution in [0.3, 0.4) is 0 Å². The molecule has 3 nitrogen and oxygen atoms in total. The van der Waals surface area contributed by atoms with E-state index in [-0.39, 0.29) is 0 Å². The van der Waals surface area contributed by atoms with Crippen molar-refractivity contribution in [3.8, 4) is 11.5 Å². The van der Waals surface area contributed by atoms with Gasteiger partial charge in [0, 0.05) is 11.6 Å². The molecule has 120 valence electrons. The van der Waals surface area contributed by atoms with Gasteiger partial charge in [-0.25, -0.2) is 0 Å². The number of hydrogen-bond donors (Lipinski definition) is 1. The first-order valence-electron chi connectivity index (χ1n) is 6.54. The lowest BCUT2D eigenvalue weighted by Crippen LogP contribution is -2.27. The van der Waals surface area contributed by atoms with Gasteiger partial charge in [0.05, 0.1) is 20.6 Å². The Morgan fingerprint density at radius 1 is 1.24 bits per heavy atom. The van der Waals surface area contributed by atoms with Crippen molar-refractivity contribution in [2.75, 3.05) is 20.8 Å². The largest absolute Gasteiger partial charge is 0.495 e. The van der Waals surface area contributed by atoms with Crippen molar-refractivity contribution in [1.29, 1.82) is 0 Å². The molecule has 0 heterocycles. The number of rotatable bonds is 7. The molecule has 0 saturated carbocycles. The zero-order valence-electron chi connectivity index (χ0n) is 12.2.